The lowest BCUT2D eigenvalue weighted by Crippen LogP contribution is -2.47. The zero-order valence-electron chi connectivity index (χ0n) is 16.8. The number of hydrogen-bond donors (Lipinski definition) is 2. The van der Waals surface area contributed by atoms with Crippen molar-refractivity contribution in [1.29, 1.82) is 0 Å². The fourth-order valence-electron chi connectivity index (χ4n) is 6.77. The number of carbonyl (C=O) groups is 1. The Morgan fingerprint density at radius 1 is 1.03 bits per heavy atom. The fourth-order valence-corrected chi connectivity index (χ4v) is 6.77. The molecule has 0 saturated heterocycles. The SMILES string of the molecule is O=C(CCn1[nH]c(=O)c2ccccc2c1=O)NCCC12CC3CC(CC(C3)C1)C2. The Hall–Kier alpha value is -2.37. The lowest BCUT2D eigenvalue weighted by molar-refractivity contribution is -0.121. The molecular formula is C23H29N3O3. The molecule has 4 bridgehead atoms. The van der Waals surface area contributed by atoms with Gasteiger partial charge in [0.1, 0.15) is 0 Å². The Morgan fingerprint density at radius 2 is 1.66 bits per heavy atom. The first-order chi connectivity index (χ1) is 14.0. The third-order valence-electron chi connectivity index (χ3n) is 7.59. The topological polar surface area (TPSA) is 84.0 Å². The fraction of sp³-hybridized carbons (Fsp3) is 0.609. The quantitative estimate of drug-likeness (QED) is 0.789. The van der Waals surface area contributed by atoms with E-state index in [-0.39, 0.29) is 30.0 Å². The molecule has 6 heteroatoms. The average Bonchev–Trinajstić information content (AvgIpc) is 2.68. The average molecular weight is 396 g/mol. The second-order valence-electron chi connectivity index (χ2n) is 9.71. The third-order valence-corrected chi connectivity index (χ3v) is 7.59. The van der Waals surface area contributed by atoms with Crippen LogP contribution in [0.1, 0.15) is 51.4 Å². The molecule has 0 spiro atoms. The summed E-state index contributed by atoms with van der Waals surface area (Å²) in [4.78, 5) is 37.0. The van der Waals surface area contributed by atoms with Crippen LogP contribution in [0.5, 0.6) is 0 Å². The van der Waals surface area contributed by atoms with Crippen molar-refractivity contribution < 1.29 is 4.79 Å². The van der Waals surface area contributed by atoms with Crippen molar-refractivity contribution in [3.63, 3.8) is 0 Å². The molecule has 1 heterocycles. The molecule has 29 heavy (non-hydrogen) atoms. The van der Waals surface area contributed by atoms with Crippen molar-refractivity contribution >= 4 is 16.7 Å². The Bertz CT molecular complexity index is 1020. The molecular weight excluding hydrogens is 366 g/mol. The minimum Gasteiger partial charge on any atom is -0.356 e. The van der Waals surface area contributed by atoms with E-state index in [0.717, 1.165) is 24.2 Å². The number of aromatic nitrogens is 2. The summed E-state index contributed by atoms with van der Waals surface area (Å²) in [5, 5.41) is 6.41. The number of carbonyl (C=O) groups excluding carboxylic acids is 1. The van der Waals surface area contributed by atoms with Gasteiger partial charge in [0.2, 0.25) is 5.91 Å². The summed E-state index contributed by atoms with van der Waals surface area (Å²) < 4.78 is 1.25. The Balaban J connectivity index is 1.16. The highest BCUT2D eigenvalue weighted by Crippen LogP contribution is 2.61. The Labute approximate surface area is 169 Å². The van der Waals surface area contributed by atoms with Crippen molar-refractivity contribution in [2.45, 2.75) is 57.9 Å². The molecule has 4 aliphatic carbocycles. The lowest BCUT2D eigenvalue weighted by Gasteiger charge is -2.57. The molecule has 0 unspecified atom stereocenters. The van der Waals surface area contributed by atoms with E-state index < -0.39 is 0 Å². The standard InChI is InChI=1S/C23H29N3O3/c27-20(5-8-26-22(29)19-4-2-1-3-18(19)21(28)25-26)24-7-6-23-12-15-9-16(13-23)11-17(10-15)14-23/h1-4,15-17H,5-14H2,(H,24,27)(H,25,28). The number of aromatic amines is 1. The molecule has 1 aromatic heterocycles. The molecule has 6 nitrogen and oxygen atoms in total. The summed E-state index contributed by atoms with van der Waals surface area (Å²) >= 11 is 0. The first-order valence-corrected chi connectivity index (χ1v) is 11.0. The van der Waals surface area contributed by atoms with Crippen LogP contribution in [-0.4, -0.2) is 22.2 Å². The van der Waals surface area contributed by atoms with E-state index in [0.29, 0.717) is 22.7 Å². The van der Waals surface area contributed by atoms with Crippen LogP contribution in [0, 0.1) is 23.2 Å². The van der Waals surface area contributed by atoms with Crippen LogP contribution < -0.4 is 16.4 Å². The van der Waals surface area contributed by atoms with Crippen LogP contribution in [-0.2, 0) is 11.3 Å². The van der Waals surface area contributed by atoms with Crippen molar-refractivity contribution in [2.75, 3.05) is 6.54 Å². The van der Waals surface area contributed by atoms with Gasteiger partial charge in [0.15, 0.2) is 0 Å². The van der Waals surface area contributed by atoms with Crippen molar-refractivity contribution in [1.82, 2.24) is 15.1 Å². The summed E-state index contributed by atoms with van der Waals surface area (Å²) in [7, 11) is 0. The molecule has 4 saturated carbocycles. The number of nitrogens with one attached hydrogen (secondary N) is 2. The van der Waals surface area contributed by atoms with Gasteiger partial charge in [-0.05, 0) is 80.2 Å². The largest absolute Gasteiger partial charge is 0.356 e. The highest BCUT2D eigenvalue weighted by atomic mass is 16.2. The highest BCUT2D eigenvalue weighted by Gasteiger charge is 2.50. The van der Waals surface area contributed by atoms with Crippen molar-refractivity contribution in [2.24, 2.45) is 23.2 Å². The second kappa shape index (κ2) is 7.15. The Kier molecular flexibility index (Phi) is 4.60. The summed E-state index contributed by atoms with van der Waals surface area (Å²) in [5.74, 6) is 2.71. The van der Waals surface area contributed by atoms with E-state index in [4.69, 9.17) is 0 Å². The van der Waals surface area contributed by atoms with E-state index in [9.17, 15) is 14.4 Å². The van der Waals surface area contributed by atoms with Gasteiger partial charge in [-0.3, -0.25) is 19.5 Å². The first kappa shape index (κ1) is 18.6. The number of amides is 1. The maximum atomic E-state index is 12.5. The van der Waals surface area contributed by atoms with Crippen molar-refractivity contribution in [3.05, 3.63) is 45.0 Å². The van der Waals surface area contributed by atoms with Gasteiger partial charge in [-0.15, -0.1) is 0 Å². The predicted octanol–water partition coefficient (Wildman–Crippen LogP) is 2.80. The summed E-state index contributed by atoms with van der Waals surface area (Å²) in [6.07, 6.45) is 9.62. The third kappa shape index (κ3) is 3.53. The lowest BCUT2D eigenvalue weighted by atomic mass is 9.49. The summed E-state index contributed by atoms with van der Waals surface area (Å²) in [5.41, 5.74) is -0.105. The van der Waals surface area contributed by atoms with Gasteiger partial charge in [0.05, 0.1) is 17.3 Å². The van der Waals surface area contributed by atoms with E-state index in [2.05, 4.69) is 10.4 Å². The van der Waals surface area contributed by atoms with Gasteiger partial charge in [-0.1, -0.05) is 12.1 Å². The van der Waals surface area contributed by atoms with E-state index in [1.165, 1.54) is 43.2 Å². The zero-order valence-corrected chi connectivity index (χ0v) is 16.8. The van der Waals surface area contributed by atoms with Gasteiger partial charge in [-0.2, -0.15) is 0 Å². The molecule has 1 amide bonds. The number of rotatable bonds is 6. The van der Waals surface area contributed by atoms with Crippen molar-refractivity contribution in [3.8, 4) is 0 Å². The van der Waals surface area contributed by atoms with Crippen LogP contribution >= 0.6 is 0 Å². The number of hydrogen-bond acceptors (Lipinski definition) is 3. The number of benzene rings is 1. The molecule has 154 valence electrons. The molecule has 1 aromatic carbocycles. The molecule has 2 N–H and O–H groups in total. The summed E-state index contributed by atoms with van der Waals surface area (Å²) in [6.45, 7) is 0.899. The van der Waals surface area contributed by atoms with Crippen LogP contribution in [0.15, 0.2) is 33.9 Å². The predicted molar refractivity (Wildman–Crippen MR) is 112 cm³/mol. The highest BCUT2D eigenvalue weighted by molar-refractivity contribution is 5.80. The minimum atomic E-state index is -0.303. The number of aryl methyl sites for hydroxylation is 1. The molecule has 0 aliphatic heterocycles. The van der Waals surface area contributed by atoms with Crippen LogP contribution in [0.2, 0.25) is 0 Å². The normalized spacial score (nSPS) is 30.0. The maximum absolute atomic E-state index is 12.5. The van der Waals surface area contributed by atoms with E-state index in [1.807, 2.05) is 0 Å². The van der Waals surface area contributed by atoms with E-state index in [1.54, 1.807) is 24.3 Å². The maximum Gasteiger partial charge on any atom is 0.273 e. The number of fused-ring (bicyclic) bond motifs is 1. The molecule has 6 rings (SSSR count). The monoisotopic (exact) mass is 395 g/mol. The Morgan fingerprint density at radius 3 is 2.31 bits per heavy atom. The van der Waals surface area contributed by atoms with Crippen LogP contribution in [0.4, 0.5) is 0 Å². The van der Waals surface area contributed by atoms with E-state index >= 15 is 0 Å². The second-order valence-corrected chi connectivity index (χ2v) is 9.71. The molecule has 2 aromatic rings. The van der Waals surface area contributed by atoms with Gasteiger partial charge in [-0.25, -0.2) is 4.68 Å². The smallest absolute Gasteiger partial charge is 0.273 e. The first-order valence-electron chi connectivity index (χ1n) is 11.0. The molecule has 4 fully saturated rings. The van der Waals surface area contributed by atoms with Crippen LogP contribution in [0.25, 0.3) is 10.8 Å². The van der Waals surface area contributed by atoms with Gasteiger partial charge in [0.25, 0.3) is 11.1 Å². The zero-order chi connectivity index (χ0) is 20.0. The molecule has 4 aliphatic rings. The minimum absolute atomic E-state index is 0.0596. The van der Waals surface area contributed by atoms with Gasteiger partial charge < -0.3 is 5.32 Å². The number of H-pyrrole nitrogens is 1. The molecule has 0 atom stereocenters. The van der Waals surface area contributed by atoms with Crippen LogP contribution in [0.3, 0.4) is 0 Å². The van der Waals surface area contributed by atoms with Gasteiger partial charge >= 0.3 is 0 Å². The molecule has 0 radical (unpaired) electrons. The summed E-state index contributed by atoms with van der Waals surface area (Å²) in [6, 6.07) is 6.76. The van der Waals surface area contributed by atoms with Gasteiger partial charge in [0, 0.05) is 13.0 Å². The number of nitrogens with zero attached hydrogens (tertiary/aromatic N) is 1.